The molecule has 0 heterocycles. The van der Waals surface area contributed by atoms with Gasteiger partial charge in [-0.05, 0) is 81.1 Å². The number of hydrogen-bond acceptors (Lipinski definition) is 4. The third-order valence-corrected chi connectivity index (χ3v) is 6.76. The second kappa shape index (κ2) is 12.7. The van der Waals surface area contributed by atoms with E-state index in [1.165, 1.54) is 5.56 Å². The van der Waals surface area contributed by atoms with Crippen molar-refractivity contribution in [2.45, 2.75) is 39.7 Å². The van der Waals surface area contributed by atoms with E-state index in [0.29, 0.717) is 18.1 Å². The van der Waals surface area contributed by atoms with Crippen LogP contribution in [0.2, 0.25) is 0 Å². The molecule has 0 bridgehead atoms. The van der Waals surface area contributed by atoms with Crippen LogP contribution in [0.1, 0.15) is 48.6 Å². The second-order valence-electron chi connectivity index (χ2n) is 10.8. The van der Waals surface area contributed by atoms with E-state index in [9.17, 15) is 9.90 Å². The molecule has 0 saturated heterocycles. The van der Waals surface area contributed by atoms with E-state index >= 15 is 0 Å². The van der Waals surface area contributed by atoms with Gasteiger partial charge in [-0.15, -0.1) is 0 Å². The lowest BCUT2D eigenvalue weighted by Crippen LogP contribution is -2.10. The maximum Gasteiger partial charge on any atom is 0.341 e. The molecule has 4 aromatic carbocycles. The summed E-state index contributed by atoms with van der Waals surface area (Å²) in [5.41, 5.74) is 8.49. The number of benzene rings is 4. The summed E-state index contributed by atoms with van der Waals surface area (Å²) in [5.74, 6) is 0.192. The van der Waals surface area contributed by atoms with E-state index in [1.807, 2.05) is 37.3 Å². The topological polar surface area (TPSA) is 76.0 Å². The first-order chi connectivity index (χ1) is 19.1. The van der Waals surface area contributed by atoms with E-state index in [2.05, 4.69) is 75.4 Å². The number of carboxylic acids is 1. The van der Waals surface area contributed by atoms with Gasteiger partial charge in [-0.25, -0.2) is 4.79 Å². The molecular weight excluding hydrogens is 500 g/mol. The van der Waals surface area contributed by atoms with Crippen molar-refractivity contribution in [2.75, 3.05) is 13.2 Å². The van der Waals surface area contributed by atoms with Crippen molar-refractivity contribution in [2.24, 2.45) is 0 Å². The molecule has 0 amide bonds. The summed E-state index contributed by atoms with van der Waals surface area (Å²) in [5, 5.41) is 18.2. The van der Waals surface area contributed by atoms with Gasteiger partial charge >= 0.3 is 5.97 Å². The van der Waals surface area contributed by atoms with Crippen molar-refractivity contribution < 1.29 is 24.5 Å². The van der Waals surface area contributed by atoms with E-state index < -0.39 is 5.97 Å². The van der Waals surface area contributed by atoms with Crippen molar-refractivity contribution in [1.29, 1.82) is 0 Å². The first kappa shape index (κ1) is 28.7. The van der Waals surface area contributed by atoms with Gasteiger partial charge < -0.3 is 19.7 Å². The molecule has 40 heavy (non-hydrogen) atoms. The minimum atomic E-state index is -1.01. The number of aliphatic carboxylic acids is 1. The van der Waals surface area contributed by atoms with Crippen LogP contribution in [0.25, 0.3) is 16.7 Å². The van der Waals surface area contributed by atoms with Gasteiger partial charge in [0.05, 0.1) is 6.61 Å². The molecule has 0 aliphatic rings. The van der Waals surface area contributed by atoms with E-state index in [0.717, 1.165) is 39.0 Å². The Morgan fingerprint density at radius 2 is 1.38 bits per heavy atom. The number of hydrogen-bond donors (Lipinski definition) is 2. The van der Waals surface area contributed by atoms with Crippen LogP contribution in [0, 0.1) is 6.92 Å². The monoisotopic (exact) mass is 536 g/mol. The smallest absolute Gasteiger partial charge is 0.341 e. The predicted octanol–water partition coefficient (Wildman–Crippen LogP) is 7.43. The number of ether oxygens (including phenoxy) is 2. The lowest BCUT2D eigenvalue weighted by Gasteiger charge is -2.20. The number of aliphatic hydroxyl groups excluding tert-OH is 1. The average Bonchev–Trinajstić information content (AvgIpc) is 2.95. The number of rotatable bonds is 10. The minimum Gasteiger partial charge on any atom is -0.489 e. The lowest BCUT2D eigenvalue weighted by atomic mass is 9.85. The Balaban J connectivity index is 1.58. The molecule has 5 nitrogen and oxygen atoms in total. The summed E-state index contributed by atoms with van der Waals surface area (Å²) in [6.45, 7) is 8.49. The van der Waals surface area contributed by atoms with E-state index in [-0.39, 0.29) is 18.6 Å². The van der Waals surface area contributed by atoms with Crippen LogP contribution in [0.4, 0.5) is 0 Å². The average molecular weight is 537 g/mol. The highest BCUT2D eigenvalue weighted by molar-refractivity contribution is 5.81. The maximum atomic E-state index is 10.8. The first-order valence-electron chi connectivity index (χ1n) is 13.3. The molecule has 2 N–H and O–H groups in total. The first-order valence-corrected chi connectivity index (χ1v) is 13.3. The van der Waals surface area contributed by atoms with E-state index in [1.54, 1.807) is 12.1 Å². The predicted molar refractivity (Wildman–Crippen MR) is 160 cm³/mol. The summed E-state index contributed by atoms with van der Waals surface area (Å²) >= 11 is 0. The van der Waals surface area contributed by atoms with Gasteiger partial charge in [0.25, 0.3) is 0 Å². The summed E-state index contributed by atoms with van der Waals surface area (Å²) in [4.78, 5) is 10.8. The zero-order chi connectivity index (χ0) is 28.7. The summed E-state index contributed by atoms with van der Waals surface area (Å²) in [6.07, 6.45) is 2.08. The molecule has 0 fully saturated rings. The third-order valence-electron chi connectivity index (χ3n) is 6.76. The fourth-order valence-electron chi connectivity index (χ4n) is 4.43. The zero-order valence-electron chi connectivity index (χ0n) is 23.5. The Hall–Kier alpha value is -4.35. The van der Waals surface area contributed by atoms with Gasteiger partial charge in [0.15, 0.2) is 6.61 Å². The molecule has 4 rings (SSSR count). The zero-order valence-corrected chi connectivity index (χ0v) is 23.5. The number of aryl methyl sites for hydroxylation is 1. The number of aliphatic hydroxyl groups is 1. The maximum absolute atomic E-state index is 10.8. The van der Waals surface area contributed by atoms with Crippen LogP contribution in [0.15, 0.2) is 97.1 Å². The summed E-state index contributed by atoms with van der Waals surface area (Å²) < 4.78 is 11.4. The molecular formula is C35H36O5. The molecule has 5 heteroatoms. The van der Waals surface area contributed by atoms with Crippen LogP contribution in [0.5, 0.6) is 11.5 Å². The summed E-state index contributed by atoms with van der Waals surface area (Å²) in [7, 11) is 0. The molecule has 0 aliphatic heterocycles. The van der Waals surface area contributed by atoms with Gasteiger partial charge in [-0.1, -0.05) is 93.6 Å². The lowest BCUT2D eigenvalue weighted by molar-refractivity contribution is -0.139. The van der Waals surface area contributed by atoms with Crippen LogP contribution >= 0.6 is 0 Å². The number of carbonyl (C=O) groups is 1. The quantitative estimate of drug-likeness (QED) is 0.220. The number of carboxylic acid groups (broad SMARTS) is 1. The molecule has 0 radical (unpaired) electrons. The Kier molecular flexibility index (Phi) is 9.08. The van der Waals surface area contributed by atoms with Crippen molar-refractivity contribution in [1.82, 2.24) is 0 Å². The molecule has 4 aromatic rings. The molecule has 0 atom stereocenters. The third kappa shape index (κ3) is 7.39. The van der Waals surface area contributed by atoms with Crippen molar-refractivity contribution in [3.8, 4) is 22.6 Å². The Labute approximate surface area is 236 Å². The van der Waals surface area contributed by atoms with Gasteiger partial charge in [-0.3, -0.25) is 0 Å². The SMILES string of the molecule is Cc1cc(OC/C=C(\c2ccc(-c3ccc(CO)cc3)cc2)c2ccc(C(C)(C)C)cc2)ccc1OCC(=O)O. The van der Waals surface area contributed by atoms with Crippen molar-refractivity contribution in [3.05, 3.63) is 125 Å². The summed E-state index contributed by atoms with van der Waals surface area (Å²) in [6, 6.07) is 30.4. The van der Waals surface area contributed by atoms with E-state index in [4.69, 9.17) is 14.6 Å². The second-order valence-corrected chi connectivity index (χ2v) is 10.8. The molecule has 0 unspecified atom stereocenters. The fourth-order valence-corrected chi connectivity index (χ4v) is 4.43. The molecule has 0 spiro atoms. The van der Waals surface area contributed by atoms with Gasteiger partial charge in [0.1, 0.15) is 18.1 Å². The van der Waals surface area contributed by atoms with Crippen LogP contribution in [0.3, 0.4) is 0 Å². The Bertz CT molecular complexity index is 1460. The van der Waals surface area contributed by atoms with Crippen LogP contribution in [-0.4, -0.2) is 29.4 Å². The van der Waals surface area contributed by atoms with Gasteiger partial charge in [-0.2, -0.15) is 0 Å². The normalized spacial score (nSPS) is 11.8. The Morgan fingerprint density at radius 3 is 1.90 bits per heavy atom. The Morgan fingerprint density at radius 1 is 0.800 bits per heavy atom. The van der Waals surface area contributed by atoms with Crippen molar-refractivity contribution >= 4 is 11.5 Å². The molecule has 0 aliphatic carbocycles. The largest absolute Gasteiger partial charge is 0.489 e. The highest BCUT2D eigenvalue weighted by atomic mass is 16.5. The highest BCUT2D eigenvalue weighted by Crippen LogP contribution is 2.30. The molecule has 0 saturated carbocycles. The van der Waals surface area contributed by atoms with Crippen molar-refractivity contribution in [3.63, 3.8) is 0 Å². The minimum absolute atomic E-state index is 0.0334. The van der Waals surface area contributed by atoms with Gasteiger partial charge in [0.2, 0.25) is 0 Å². The van der Waals surface area contributed by atoms with Crippen LogP contribution in [-0.2, 0) is 16.8 Å². The standard InChI is InChI=1S/C35H36O5/c1-24-21-31(17-18-33(24)40-23-34(37)38)39-20-19-32(29-13-15-30(16-14-29)35(2,3)4)28-11-9-27(10-12-28)26-7-5-25(22-36)6-8-26/h5-19,21,36H,20,22-23H2,1-4H3,(H,37,38)/b32-19+. The molecule has 0 aromatic heterocycles. The van der Waals surface area contributed by atoms with Gasteiger partial charge in [0, 0.05) is 0 Å². The van der Waals surface area contributed by atoms with Crippen LogP contribution < -0.4 is 9.47 Å². The fraction of sp³-hybridized carbons (Fsp3) is 0.229. The molecule has 206 valence electrons. The highest BCUT2D eigenvalue weighted by Gasteiger charge is 2.14.